The number of hydrogen-bond acceptors (Lipinski definition) is 1. The van der Waals surface area contributed by atoms with Crippen LogP contribution in [0.15, 0.2) is 24.3 Å². The van der Waals surface area contributed by atoms with E-state index in [2.05, 4.69) is 56.5 Å². The van der Waals surface area contributed by atoms with E-state index in [1.54, 1.807) is 0 Å². The minimum Gasteiger partial charge on any atom is -0.662 e. The number of hydrogen-bond donors (Lipinski definition) is 0. The van der Waals surface area contributed by atoms with Gasteiger partial charge in [0.15, 0.2) is 0 Å². The summed E-state index contributed by atoms with van der Waals surface area (Å²) in [6.07, 6.45) is 13.7. The molecule has 2 aliphatic carbocycles. The molecular weight excluding hydrogens is 356 g/mol. The predicted molar refractivity (Wildman–Crippen MR) is 112 cm³/mol. The summed E-state index contributed by atoms with van der Waals surface area (Å²) in [5.74, 6) is 1.49. The Bertz CT molecular complexity index is 424. The fourth-order valence-electron chi connectivity index (χ4n) is 4.53. The van der Waals surface area contributed by atoms with Gasteiger partial charge in [0.1, 0.15) is 0 Å². The van der Waals surface area contributed by atoms with Crippen molar-refractivity contribution in [2.75, 3.05) is 13.1 Å². The molecule has 0 aromatic heterocycles. The third kappa shape index (κ3) is 6.46. The molecule has 0 spiro atoms. The summed E-state index contributed by atoms with van der Waals surface area (Å²) >= 11 is 0. The standard InChI is InChI=1S/C18H30N2Si.3CH3.Ti/c1-18(2,3)19-21(4)17-13-16(20-11-7-8-12-20)14-9-5-6-10-15(14)17;;;;/h5-6,9-10,14-17H,7-8,11-13H2,1-4H3;3*1H3;/q4*-1;+4. The Balaban J connectivity index is 0. The van der Waals surface area contributed by atoms with Crippen molar-refractivity contribution < 1.29 is 21.7 Å². The fraction of sp³-hybridized carbons (Fsp3) is 0.667. The van der Waals surface area contributed by atoms with Gasteiger partial charge in [-0.05, 0) is 44.2 Å². The van der Waals surface area contributed by atoms with E-state index in [-0.39, 0.29) is 49.5 Å². The maximum Gasteiger partial charge on any atom is 4.00 e. The van der Waals surface area contributed by atoms with E-state index in [0.29, 0.717) is 0 Å². The first-order valence-corrected chi connectivity index (χ1v) is 10.6. The van der Waals surface area contributed by atoms with Crippen LogP contribution >= 0.6 is 0 Å². The van der Waals surface area contributed by atoms with Crippen LogP contribution in [0.25, 0.3) is 4.98 Å². The number of nitrogens with zero attached hydrogens (tertiary/aromatic N) is 2. The quantitative estimate of drug-likeness (QED) is 0.441. The molecule has 4 unspecified atom stereocenters. The van der Waals surface area contributed by atoms with Gasteiger partial charge in [-0.15, -0.1) is 5.54 Å². The second-order valence-corrected chi connectivity index (χ2v) is 10.2. The first kappa shape index (κ1) is 27.5. The van der Waals surface area contributed by atoms with Gasteiger partial charge in [0, 0.05) is 6.04 Å². The number of rotatable bonds is 3. The Hall–Kier alpha value is 0.331. The molecule has 0 aromatic carbocycles. The Morgan fingerprint density at radius 3 is 2.00 bits per heavy atom. The van der Waals surface area contributed by atoms with Crippen LogP contribution in [0.5, 0.6) is 0 Å². The SMILES string of the molecule is C[Si]([N-]C(C)(C)C)C1CC(N2CCCC2)C2C=CC=CC21.[CH3-].[CH3-].[CH3-].[Ti+4]. The van der Waals surface area contributed by atoms with E-state index in [4.69, 9.17) is 4.98 Å². The molecule has 0 bridgehead atoms. The molecule has 1 aliphatic heterocycles. The summed E-state index contributed by atoms with van der Waals surface area (Å²) in [4.78, 5) is 7.94. The van der Waals surface area contributed by atoms with Crippen LogP contribution in [-0.2, 0) is 21.7 Å². The molecule has 1 saturated carbocycles. The van der Waals surface area contributed by atoms with E-state index in [1.807, 2.05) is 0 Å². The van der Waals surface area contributed by atoms with Crippen LogP contribution in [0.3, 0.4) is 0 Å². The third-order valence-electron chi connectivity index (χ3n) is 5.28. The topological polar surface area (TPSA) is 17.3 Å². The second-order valence-electron chi connectivity index (χ2n) is 8.00. The predicted octanol–water partition coefficient (Wildman–Crippen LogP) is 5.72. The molecule has 1 saturated heterocycles. The molecule has 4 heteroatoms. The number of fused-ring (bicyclic) bond motifs is 1. The van der Waals surface area contributed by atoms with Gasteiger partial charge in [0.25, 0.3) is 0 Å². The smallest absolute Gasteiger partial charge is 0.662 e. The maximum absolute atomic E-state index is 5.17. The van der Waals surface area contributed by atoms with Gasteiger partial charge in [-0.2, -0.15) is 0 Å². The van der Waals surface area contributed by atoms with Crippen molar-refractivity contribution in [3.63, 3.8) is 0 Å². The van der Waals surface area contributed by atoms with E-state index >= 15 is 0 Å². The average Bonchev–Trinajstić information content (AvgIpc) is 3.03. The maximum atomic E-state index is 5.17. The molecule has 4 atom stereocenters. The zero-order chi connectivity index (χ0) is 15.0. The van der Waals surface area contributed by atoms with Gasteiger partial charge in [0.2, 0.25) is 0 Å². The molecule has 0 amide bonds. The normalized spacial score (nSPS) is 30.8. The van der Waals surface area contributed by atoms with Crippen molar-refractivity contribution in [3.8, 4) is 0 Å². The Morgan fingerprint density at radius 2 is 1.48 bits per heavy atom. The molecule has 0 aromatic rings. The molecule has 141 valence electrons. The van der Waals surface area contributed by atoms with Gasteiger partial charge in [-0.1, -0.05) is 66.1 Å². The van der Waals surface area contributed by atoms with Crippen molar-refractivity contribution in [1.29, 1.82) is 0 Å². The molecule has 1 heterocycles. The summed E-state index contributed by atoms with van der Waals surface area (Å²) in [6, 6.07) is 0.777. The van der Waals surface area contributed by atoms with Gasteiger partial charge in [-0.25, -0.2) is 0 Å². The monoisotopic (exact) mass is 395 g/mol. The largest absolute Gasteiger partial charge is 4.00 e. The van der Waals surface area contributed by atoms with E-state index in [0.717, 1.165) is 23.4 Å². The summed E-state index contributed by atoms with van der Waals surface area (Å²) in [7, 11) is -0.642. The summed E-state index contributed by atoms with van der Waals surface area (Å²) in [6.45, 7) is 11.8. The van der Waals surface area contributed by atoms with Crippen molar-refractivity contribution in [2.24, 2.45) is 11.8 Å². The van der Waals surface area contributed by atoms with Gasteiger partial charge in [-0.3, -0.25) is 4.90 Å². The Kier molecular flexibility index (Phi) is 12.4. The van der Waals surface area contributed by atoms with Gasteiger partial charge >= 0.3 is 21.7 Å². The zero-order valence-electron chi connectivity index (χ0n) is 17.5. The minimum atomic E-state index is -0.642. The number of allylic oxidation sites excluding steroid dienone is 3. The summed E-state index contributed by atoms with van der Waals surface area (Å²) in [5, 5.41) is 0. The van der Waals surface area contributed by atoms with Crippen molar-refractivity contribution in [2.45, 2.75) is 63.7 Å². The second kappa shape index (κ2) is 11.2. The Labute approximate surface area is 175 Å². The molecule has 0 N–H and O–H groups in total. The first-order chi connectivity index (χ1) is 9.96. The molecule has 2 fully saturated rings. The van der Waals surface area contributed by atoms with Crippen LogP contribution in [-0.4, -0.2) is 38.5 Å². The van der Waals surface area contributed by atoms with Gasteiger partial charge in [0.05, 0.1) is 0 Å². The molecule has 1 radical (unpaired) electrons. The molecule has 25 heavy (non-hydrogen) atoms. The van der Waals surface area contributed by atoms with Crippen LogP contribution in [0.4, 0.5) is 0 Å². The molecule has 3 aliphatic rings. The first-order valence-electron chi connectivity index (χ1n) is 8.61. The van der Waals surface area contributed by atoms with Gasteiger partial charge < -0.3 is 27.3 Å². The summed E-state index contributed by atoms with van der Waals surface area (Å²) in [5.41, 5.74) is 0.935. The zero-order valence-corrected chi connectivity index (χ0v) is 20.1. The van der Waals surface area contributed by atoms with Crippen molar-refractivity contribution in [3.05, 3.63) is 51.6 Å². The van der Waals surface area contributed by atoms with Crippen molar-refractivity contribution in [1.82, 2.24) is 4.90 Å². The molecular formula is C21H39N2SiTi. The third-order valence-corrected chi connectivity index (χ3v) is 8.00. The van der Waals surface area contributed by atoms with Crippen LogP contribution in [0, 0.1) is 34.1 Å². The van der Waals surface area contributed by atoms with E-state index < -0.39 is 8.96 Å². The van der Waals surface area contributed by atoms with Crippen LogP contribution in [0.1, 0.15) is 40.0 Å². The Morgan fingerprint density at radius 1 is 0.960 bits per heavy atom. The van der Waals surface area contributed by atoms with E-state index in [9.17, 15) is 0 Å². The number of likely N-dealkylation sites (tertiary alicyclic amines) is 1. The van der Waals surface area contributed by atoms with Crippen LogP contribution in [0.2, 0.25) is 12.1 Å². The fourth-order valence-corrected chi connectivity index (χ4v) is 7.23. The van der Waals surface area contributed by atoms with E-state index in [1.165, 1.54) is 32.4 Å². The molecule has 3 rings (SSSR count). The van der Waals surface area contributed by atoms with Crippen LogP contribution < -0.4 is 0 Å². The summed E-state index contributed by atoms with van der Waals surface area (Å²) < 4.78 is 0. The average molecular weight is 396 g/mol. The molecule has 2 nitrogen and oxygen atoms in total. The van der Waals surface area contributed by atoms with Crippen molar-refractivity contribution >= 4 is 8.96 Å². The minimum absolute atomic E-state index is 0.